The largest absolute Gasteiger partial charge is 0.327 e. The molecule has 0 spiro atoms. The summed E-state index contributed by atoms with van der Waals surface area (Å²) in [5.74, 6) is 0.919. The maximum absolute atomic E-state index is 6.13. The smallest absolute Gasteiger partial charge is 0.0521 e. The van der Waals surface area contributed by atoms with E-state index in [2.05, 4.69) is 5.10 Å². The first kappa shape index (κ1) is 14.4. The molecule has 2 aromatic rings. The van der Waals surface area contributed by atoms with Crippen LogP contribution < -0.4 is 5.73 Å². The molecular weight excluding hydrogens is 278 g/mol. The van der Waals surface area contributed by atoms with Crippen LogP contribution in [0.4, 0.5) is 0 Å². The number of thioether (sulfide) groups is 1. The van der Waals surface area contributed by atoms with Gasteiger partial charge in [0.05, 0.1) is 6.20 Å². The fourth-order valence-electron chi connectivity index (χ4n) is 1.77. The van der Waals surface area contributed by atoms with Gasteiger partial charge >= 0.3 is 0 Å². The number of hydrogen-bond donors (Lipinski definition) is 1. The minimum absolute atomic E-state index is 0.195. The summed E-state index contributed by atoms with van der Waals surface area (Å²) in [6.45, 7) is 0. The van der Waals surface area contributed by atoms with Gasteiger partial charge in [0, 0.05) is 35.0 Å². The fourth-order valence-corrected chi connectivity index (χ4v) is 2.80. The monoisotopic (exact) mass is 295 g/mol. The summed E-state index contributed by atoms with van der Waals surface area (Å²) in [7, 11) is 1.93. The van der Waals surface area contributed by atoms with Crippen LogP contribution in [0.5, 0.6) is 0 Å². The first-order chi connectivity index (χ1) is 9.13. The lowest BCUT2D eigenvalue weighted by atomic mass is 10.1. The molecule has 102 valence electrons. The van der Waals surface area contributed by atoms with Gasteiger partial charge in [-0.15, -0.1) is 11.8 Å². The van der Waals surface area contributed by atoms with E-state index < -0.39 is 0 Å². The van der Waals surface area contributed by atoms with Crippen LogP contribution >= 0.6 is 23.4 Å². The van der Waals surface area contributed by atoms with Gasteiger partial charge in [0.1, 0.15) is 0 Å². The number of halogens is 1. The fraction of sp³-hybridized carbons (Fsp3) is 0.357. The highest BCUT2D eigenvalue weighted by Crippen LogP contribution is 2.21. The van der Waals surface area contributed by atoms with Gasteiger partial charge in [-0.2, -0.15) is 5.10 Å². The maximum Gasteiger partial charge on any atom is 0.0521 e. The van der Waals surface area contributed by atoms with Crippen LogP contribution in [0.25, 0.3) is 0 Å². The van der Waals surface area contributed by atoms with Gasteiger partial charge in [-0.3, -0.25) is 4.68 Å². The van der Waals surface area contributed by atoms with Crippen LogP contribution in [0.3, 0.4) is 0 Å². The van der Waals surface area contributed by atoms with Gasteiger partial charge in [-0.05, 0) is 42.7 Å². The Hall–Kier alpha value is -0.970. The lowest BCUT2D eigenvalue weighted by molar-refractivity contribution is 0.674. The SMILES string of the molecule is Cn1cc(CCC(N)CSc2ccc(Cl)cc2)cn1. The third-order valence-corrected chi connectivity index (χ3v) is 4.29. The molecule has 1 atom stereocenters. The molecule has 0 saturated heterocycles. The second-order valence-corrected chi connectivity index (χ2v) is 6.12. The van der Waals surface area contributed by atoms with Crippen molar-refractivity contribution < 1.29 is 0 Å². The number of benzene rings is 1. The minimum Gasteiger partial charge on any atom is -0.327 e. The van der Waals surface area contributed by atoms with E-state index >= 15 is 0 Å². The average Bonchev–Trinajstić information content (AvgIpc) is 2.81. The van der Waals surface area contributed by atoms with E-state index in [-0.39, 0.29) is 6.04 Å². The zero-order valence-corrected chi connectivity index (χ0v) is 12.5. The molecule has 3 nitrogen and oxygen atoms in total. The standard InChI is InChI=1S/C14H18ClN3S/c1-18-9-11(8-17-18)2-5-13(16)10-19-14-6-3-12(15)4-7-14/h3-4,6-9,13H,2,5,10,16H2,1H3. The second kappa shape index (κ2) is 6.98. The Kier molecular flexibility index (Phi) is 5.31. The quantitative estimate of drug-likeness (QED) is 0.833. The molecule has 1 heterocycles. The highest BCUT2D eigenvalue weighted by Gasteiger charge is 2.05. The molecule has 2 N–H and O–H groups in total. The summed E-state index contributed by atoms with van der Waals surface area (Å²) in [6.07, 6.45) is 5.90. The average molecular weight is 296 g/mol. The van der Waals surface area contributed by atoms with Crippen LogP contribution in [0.15, 0.2) is 41.6 Å². The molecule has 0 aliphatic heterocycles. The number of hydrogen-bond acceptors (Lipinski definition) is 3. The summed E-state index contributed by atoms with van der Waals surface area (Å²) in [6, 6.07) is 8.07. The topological polar surface area (TPSA) is 43.8 Å². The highest BCUT2D eigenvalue weighted by atomic mass is 35.5. The van der Waals surface area contributed by atoms with Crippen molar-refractivity contribution >= 4 is 23.4 Å². The van der Waals surface area contributed by atoms with Crippen molar-refractivity contribution in [2.45, 2.75) is 23.8 Å². The number of aryl methyl sites for hydroxylation is 2. The summed E-state index contributed by atoms with van der Waals surface area (Å²) in [5, 5.41) is 4.92. The summed E-state index contributed by atoms with van der Waals surface area (Å²) in [4.78, 5) is 1.21. The molecule has 1 aromatic heterocycles. The Morgan fingerprint density at radius 1 is 1.37 bits per heavy atom. The lowest BCUT2D eigenvalue weighted by Gasteiger charge is -2.10. The molecule has 0 fully saturated rings. The van der Waals surface area contributed by atoms with E-state index in [1.165, 1.54) is 10.5 Å². The van der Waals surface area contributed by atoms with Crippen molar-refractivity contribution in [1.29, 1.82) is 0 Å². The summed E-state index contributed by atoms with van der Waals surface area (Å²) in [5.41, 5.74) is 7.38. The Labute approximate surface area is 123 Å². The van der Waals surface area contributed by atoms with Gasteiger partial charge in [0.2, 0.25) is 0 Å². The predicted octanol–water partition coefficient (Wildman–Crippen LogP) is 3.13. The molecule has 19 heavy (non-hydrogen) atoms. The van der Waals surface area contributed by atoms with Crippen LogP contribution in [0.1, 0.15) is 12.0 Å². The molecule has 0 amide bonds. The van der Waals surface area contributed by atoms with Crippen LogP contribution in [0, 0.1) is 0 Å². The van der Waals surface area contributed by atoms with Crippen molar-refractivity contribution in [1.82, 2.24) is 9.78 Å². The van der Waals surface area contributed by atoms with Gasteiger partial charge < -0.3 is 5.73 Å². The Bertz CT molecular complexity index is 510. The molecule has 2 rings (SSSR count). The Morgan fingerprint density at radius 2 is 2.11 bits per heavy atom. The molecule has 0 saturated carbocycles. The van der Waals surface area contributed by atoms with Crippen LogP contribution in [0.2, 0.25) is 5.02 Å². The lowest BCUT2D eigenvalue weighted by Crippen LogP contribution is -2.23. The summed E-state index contributed by atoms with van der Waals surface area (Å²) >= 11 is 7.63. The van der Waals surface area contributed by atoms with Gasteiger partial charge in [-0.25, -0.2) is 0 Å². The van der Waals surface area contributed by atoms with E-state index in [0.717, 1.165) is 23.6 Å². The van der Waals surface area contributed by atoms with Crippen molar-refractivity contribution in [3.8, 4) is 0 Å². The maximum atomic E-state index is 6.13. The van der Waals surface area contributed by atoms with Crippen LogP contribution in [-0.4, -0.2) is 21.6 Å². The second-order valence-electron chi connectivity index (χ2n) is 4.59. The zero-order valence-electron chi connectivity index (χ0n) is 10.9. The van der Waals surface area contributed by atoms with E-state index in [4.69, 9.17) is 17.3 Å². The van der Waals surface area contributed by atoms with Crippen LogP contribution in [-0.2, 0) is 13.5 Å². The first-order valence-corrected chi connectivity index (χ1v) is 7.61. The molecule has 0 aliphatic rings. The third-order valence-electron chi connectivity index (χ3n) is 2.84. The highest BCUT2D eigenvalue weighted by molar-refractivity contribution is 7.99. The third kappa shape index (κ3) is 4.90. The Balaban J connectivity index is 1.72. The van der Waals surface area contributed by atoms with E-state index in [1.54, 1.807) is 11.8 Å². The Morgan fingerprint density at radius 3 is 2.74 bits per heavy atom. The van der Waals surface area contributed by atoms with Gasteiger partial charge in [0.15, 0.2) is 0 Å². The first-order valence-electron chi connectivity index (χ1n) is 6.25. The van der Waals surface area contributed by atoms with Crippen molar-refractivity contribution in [3.63, 3.8) is 0 Å². The molecule has 0 aliphatic carbocycles. The van der Waals surface area contributed by atoms with E-state index in [9.17, 15) is 0 Å². The molecule has 0 radical (unpaired) electrons. The molecular formula is C14H18ClN3S. The molecule has 1 aromatic carbocycles. The van der Waals surface area contributed by atoms with Crippen molar-refractivity contribution in [2.24, 2.45) is 12.8 Å². The normalized spacial score (nSPS) is 12.6. The van der Waals surface area contributed by atoms with Crippen molar-refractivity contribution in [3.05, 3.63) is 47.2 Å². The van der Waals surface area contributed by atoms with Crippen molar-refractivity contribution in [2.75, 3.05) is 5.75 Å². The number of rotatable bonds is 6. The van der Waals surface area contributed by atoms with Gasteiger partial charge in [-0.1, -0.05) is 11.6 Å². The number of nitrogens with zero attached hydrogens (tertiary/aromatic N) is 2. The minimum atomic E-state index is 0.195. The predicted molar refractivity (Wildman–Crippen MR) is 81.7 cm³/mol. The number of aromatic nitrogens is 2. The zero-order chi connectivity index (χ0) is 13.7. The molecule has 5 heteroatoms. The van der Waals surface area contributed by atoms with E-state index in [1.807, 2.05) is 48.4 Å². The number of nitrogens with two attached hydrogens (primary N) is 1. The molecule has 0 bridgehead atoms. The molecule has 1 unspecified atom stereocenters. The van der Waals surface area contributed by atoms with Gasteiger partial charge in [0.25, 0.3) is 0 Å². The summed E-state index contributed by atoms with van der Waals surface area (Å²) < 4.78 is 1.82. The van der Waals surface area contributed by atoms with E-state index in [0.29, 0.717) is 0 Å².